The third-order valence-corrected chi connectivity index (χ3v) is 2.17. The molecule has 1 N–H and O–H groups in total. The van der Waals surface area contributed by atoms with Gasteiger partial charge in [-0.3, -0.25) is 0 Å². The van der Waals surface area contributed by atoms with Gasteiger partial charge in [0, 0.05) is 6.54 Å². The molecule has 5 heteroatoms. The molecule has 0 saturated heterocycles. The topological polar surface area (TPSA) is 46.2 Å². The molecule has 0 radical (unpaired) electrons. The lowest BCUT2D eigenvalue weighted by molar-refractivity contribution is 0.546. The van der Waals surface area contributed by atoms with E-state index in [1.165, 1.54) is 0 Å². The fourth-order valence-corrected chi connectivity index (χ4v) is 1.21. The molecule has 0 aromatic carbocycles. The minimum atomic E-state index is -4.28. The van der Waals surface area contributed by atoms with E-state index >= 15 is 0 Å². The van der Waals surface area contributed by atoms with Gasteiger partial charge < -0.3 is 5.32 Å². The van der Waals surface area contributed by atoms with Crippen molar-refractivity contribution in [1.82, 2.24) is 5.32 Å². The Bertz CT molecular complexity index is 192. The number of nitrogens with one attached hydrogen (secondary N) is 1. The van der Waals surface area contributed by atoms with Crippen molar-refractivity contribution in [1.29, 1.82) is 0 Å². The number of halogens is 1. The van der Waals surface area contributed by atoms with Gasteiger partial charge in [-0.1, -0.05) is 19.8 Å². The summed E-state index contributed by atoms with van der Waals surface area (Å²) in [5.74, 6) is -0.418. The first kappa shape index (κ1) is 11.8. The standard InChI is InChI=1S/C7H16FNO2S/c1-2-3-4-5-9-6-7-12(8,10)11/h9H,2-7H2,1H3. The summed E-state index contributed by atoms with van der Waals surface area (Å²) in [4.78, 5) is 0. The van der Waals surface area contributed by atoms with Crippen molar-refractivity contribution in [3.05, 3.63) is 0 Å². The summed E-state index contributed by atoms with van der Waals surface area (Å²) in [5, 5.41) is 2.86. The average Bonchev–Trinajstić information content (AvgIpc) is 1.94. The summed E-state index contributed by atoms with van der Waals surface area (Å²) in [7, 11) is -4.28. The van der Waals surface area contributed by atoms with Gasteiger partial charge >= 0.3 is 10.2 Å². The minimum absolute atomic E-state index is 0.211. The lowest BCUT2D eigenvalue weighted by Crippen LogP contribution is -2.22. The number of hydrogen-bond donors (Lipinski definition) is 1. The summed E-state index contributed by atoms with van der Waals surface area (Å²) in [6.45, 7) is 3.07. The number of rotatable bonds is 7. The van der Waals surface area contributed by atoms with Crippen LogP contribution in [-0.2, 0) is 10.2 Å². The Morgan fingerprint density at radius 3 is 2.42 bits per heavy atom. The molecule has 0 saturated carbocycles. The molecule has 0 heterocycles. The highest BCUT2D eigenvalue weighted by molar-refractivity contribution is 7.86. The van der Waals surface area contributed by atoms with Crippen LogP contribution < -0.4 is 5.32 Å². The van der Waals surface area contributed by atoms with E-state index in [0.29, 0.717) is 0 Å². The molecule has 0 unspecified atom stereocenters. The summed E-state index contributed by atoms with van der Waals surface area (Å²) in [5.41, 5.74) is 0. The van der Waals surface area contributed by atoms with E-state index in [4.69, 9.17) is 0 Å². The van der Waals surface area contributed by atoms with E-state index in [-0.39, 0.29) is 6.54 Å². The van der Waals surface area contributed by atoms with Crippen molar-refractivity contribution in [2.45, 2.75) is 26.2 Å². The largest absolute Gasteiger partial charge is 0.316 e. The molecule has 0 bridgehead atoms. The van der Waals surface area contributed by atoms with Gasteiger partial charge in [-0.15, -0.1) is 3.89 Å². The molecule has 0 rings (SSSR count). The van der Waals surface area contributed by atoms with Crippen molar-refractivity contribution >= 4 is 10.2 Å². The van der Waals surface area contributed by atoms with Gasteiger partial charge in [0.1, 0.15) is 0 Å². The zero-order valence-electron chi connectivity index (χ0n) is 7.35. The van der Waals surface area contributed by atoms with Crippen molar-refractivity contribution in [3.63, 3.8) is 0 Å². The Labute approximate surface area is 73.6 Å². The van der Waals surface area contributed by atoms with Crippen LogP contribution in [0.4, 0.5) is 3.89 Å². The normalized spacial score (nSPS) is 11.8. The number of hydrogen-bond acceptors (Lipinski definition) is 3. The molecule has 3 nitrogen and oxygen atoms in total. The second-order valence-corrected chi connectivity index (χ2v) is 4.19. The Balaban J connectivity index is 3.12. The zero-order valence-corrected chi connectivity index (χ0v) is 8.16. The van der Waals surface area contributed by atoms with E-state index in [2.05, 4.69) is 12.2 Å². The molecule has 0 amide bonds. The van der Waals surface area contributed by atoms with Crippen LogP contribution in [0, 0.1) is 0 Å². The molecule has 0 aromatic heterocycles. The van der Waals surface area contributed by atoms with Crippen LogP contribution in [0.1, 0.15) is 26.2 Å². The minimum Gasteiger partial charge on any atom is -0.316 e. The average molecular weight is 197 g/mol. The third-order valence-electron chi connectivity index (χ3n) is 1.48. The molecule has 0 spiro atoms. The summed E-state index contributed by atoms with van der Waals surface area (Å²) < 4.78 is 31.9. The van der Waals surface area contributed by atoms with Gasteiger partial charge in [0.15, 0.2) is 0 Å². The van der Waals surface area contributed by atoms with Gasteiger partial charge in [-0.05, 0) is 13.0 Å². The lowest BCUT2D eigenvalue weighted by Gasteiger charge is -2.00. The van der Waals surface area contributed by atoms with E-state index in [9.17, 15) is 12.3 Å². The summed E-state index contributed by atoms with van der Waals surface area (Å²) >= 11 is 0. The maximum absolute atomic E-state index is 11.9. The first-order chi connectivity index (χ1) is 5.56. The predicted molar refractivity (Wildman–Crippen MR) is 47.3 cm³/mol. The van der Waals surface area contributed by atoms with Crippen molar-refractivity contribution in [2.24, 2.45) is 0 Å². The molecule has 0 fully saturated rings. The second-order valence-electron chi connectivity index (χ2n) is 2.70. The van der Waals surface area contributed by atoms with Gasteiger partial charge in [-0.2, -0.15) is 8.42 Å². The molecule has 0 aliphatic carbocycles. The zero-order chi connectivity index (χ0) is 9.45. The molecular weight excluding hydrogens is 181 g/mol. The van der Waals surface area contributed by atoms with Gasteiger partial charge in [-0.25, -0.2) is 0 Å². The lowest BCUT2D eigenvalue weighted by atomic mass is 10.2. The summed E-state index contributed by atoms with van der Waals surface area (Å²) in [6.07, 6.45) is 3.27. The quantitative estimate of drug-likeness (QED) is 0.490. The van der Waals surface area contributed by atoms with E-state index in [0.717, 1.165) is 25.8 Å². The van der Waals surface area contributed by atoms with Crippen molar-refractivity contribution in [2.75, 3.05) is 18.8 Å². The highest BCUT2D eigenvalue weighted by Gasteiger charge is 2.04. The van der Waals surface area contributed by atoms with Crippen LogP contribution in [0.3, 0.4) is 0 Å². The van der Waals surface area contributed by atoms with Crippen LogP contribution in [0.2, 0.25) is 0 Å². The molecule has 0 aromatic rings. The maximum Gasteiger partial charge on any atom is 0.303 e. The predicted octanol–water partition coefficient (Wildman–Crippen LogP) is 1.07. The Morgan fingerprint density at radius 2 is 1.92 bits per heavy atom. The van der Waals surface area contributed by atoms with Gasteiger partial charge in [0.2, 0.25) is 0 Å². The van der Waals surface area contributed by atoms with E-state index < -0.39 is 16.0 Å². The molecule has 0 atom stereocenters. The Morgan fingerprint density at radius 1 is 1.25 bits per heavy atom. The highest BCUT2D eigenvalue weighted by Crippen LogP contribution is 1.91. The molecular formula is C7H16FNO2S. The highest BCUT2D eigenvalue weighted by atomic mass is 32.3. The van der Waals surface area contributed by atoms with Gasteiger partial charge in [0.05, 0.1) is 5.75 Å². The third kappa shape index (κ3) is 9.84. The fraction of sp³-hybridized carbons (Fsp3) is 1.00. The Hall–Kier alpha value is -0.160. The van der Waals surface area contributed by atoms with E-state index in [1.807, 2.05) is 0 Å². The van der Waals surface area contributed by atoms with Crippen LogP contribution in [-0.4, -0.2) is 27.3 Å². The van der Waals surface area contributed by atoms with E-state index in [1.54, 1.807) is 0 Å². The van der Waals surface area contributed by atoms with Gasteiger partial charge in [0.25, 0.3) is 0 Å². The Kier molecular flexibility index (Phi) is 6.28. The smallest absolute Gasteiger partial charge is 0.303 e. The first-order valence-corrected chi connectivity index (χ1v) is 5.74. The molecule has 74 valence electrons. The van der Waals surface area contributed by atoms with Crippen LogP contribution >= 0.6 is 0 Å². The SMILES string of the molecule is CCCCCNCCS(=O)(=O)F. The second kappa shape index (κ2) is 6.37. The van der Waals surface area contributed by atoms with Crippen LogP contribution in [0.5, 0.6) is 0 Å². The van der Waals surface area contributed by atoms with Crippen molar-refractivity contribution < 1.29 is 12.3 Å². The van der Waals surface area contributed by atoms with Crippen LogP contribution in [0.15, 0.2) is 0 Å². The summed E-state index contributed by atoms with van der Waals surface area (Å²) in [6, 6.07) is 0. The maximum atomic E-state index is 11.9. The molecule has 0 aliphatic heterocycles. The fourth-order valence-electron chi connectivity index (χ4n) is 0.819. The van der Waals surface area contributed by atoms with Crippen LogP contribution in [0.25, 0.3) is 0 Å². The van der Waals surface area contributed by atoms with Crippen molar-refractivity contribution in [3.8, 4) is 0 Å². The monoisotopic (exact) mass is 197 g/mol. The molecule has 0 aliphatic rings. The number of unbranched alkanes of at least 4 members (excludes halogenated alkanes) is 2. The molecule has 12 heavy (non-hydrogen) atoms. The first-order valence-electron chi connectivity index (χ1n) is 4.19.